The van der Waals surface area contributed by atoms with E-state index in [-0.39, 0.29) is 6.61 Å². The van der Waals surface area contributed by atoms with Crippen LogP contribution in [0.2, 0.25) is 0 Å². The number of nitrogens with zero attached hydrogens (tertiary/aromatic N) is 1. The van der Waals surface area contributed by atoms with Crippen molar-refractivity contribution < 1.29 is 14.7 Å². The Hall–Kier alpha value is -1.55. The molecule has 0 saturated heterocycles. The number of aliphatic hydroxyl groups excluding tert-OH is 1. The third-order valence-corrected chi connectivity index (χ3v) is 1.86. The number of benzene rings is 1. The molecule has 4 nitrogen and oxygen atoms in total. The molecule has 0 aliphatic heterocycles. The van der Waals surface area contributed by atoms with Gasteiger partial charge in [-0.15, -0.1) is 0 Å². The van der Waals surface area contributed by atoms with Gasteiger partial charge in [-0.1, -0.05) is 5.16 Å². The highest BCUT2D eigenvalue weighted by molar-refractivity contribution is 5.79. The standard InChI is InChI=1S/C12H17NO3/c1-2-15-12-6-4-11(5-7-12)10-13-16-9-3-8-14/h4-7,10,14H,2-3,8-9H2,1H3/b13-10+. The molecule has 4 heteroatoms. The van der Waals surface area contributed by atoms with Gasteiger partial charge in [0.05, 0.1) is 12.8 Å². The van der Waals surface area contributed by atoms with Crippen molar-refractivity contribution in [3.8, 4) is 5.75 Å². The van der Waals surface area contributed by atoms with Crippen LogP contribution >= 0.6 is 0 Å². The monoisotopic (exact) mass is 223 g/mol. The molecule has 1 rings (SSSR count). The Morgan fingerprint density at radius 2 is 2.06 bits per heavy atom. The first-order valence-corrected chi connectivity index (χ1v) is 5.36. The number of ether oxygens (including phenoxy) is 1. The molecule has 88 valence electrons. The molecule has 0 fully saturated rings. The lowest BCUT2D eigenvalue weighted by atomic mass is 10.2. The Labute approximate surface area is 95.5 Å². The van der Waals surface area contributed by atoms with E-state index in [0.717, 1.165) is 11.3 Å². The quantitative estimate of drug-likeness (QED) is 0.436. The first-order valence-electron chi connectivity index (χ1n) is 5.36. The SMILES string of the molecule is CCOc1ccc(/C=N/OCCCO)cc1. The average Bonchev–Trinajstić information content (AvgIpc) is 2.31. The molecular weight excluding hydrogens is 206 g/mol. The van der Waals surface area contributed by atoms with E-state index in [1.54, 1.807) is 6.21 Å². The van der Waals surface area contributed by atoms with Crippen molar-refractivity contribution in [2.45, 2.75) is 13.3 Å². The van der Waals surface area contributed by atoms with Crippen molar-refractivity contribution in [1.29, 1.82) is 0 Å². The Morgan fingerprint density at radius 3 is 2.69 bits per heavy atom. The predicted molar refractivity (Wildman–Crippen MR) is 62.9 cm³/mol. The van der Waals surface area contributed by atoms with Gasteiger partial charge in [-0.25, -0.2) is 0 Å². The number of hydrogen-bond donors (Lipinski definition) is 1. The topological polar surface area (TPSA) is 51.0 Å². The lowest BCUT2D eigenvalue weighted by Gasteiger charge is -2.02. The van der Waals surface area contributed by atoms with Crippen molar-refractivity contribution in [2.75, 3.05) is 19.8 Å². The summed E-state index contributed by atoms with van der Waals surface area (Å²) in [5, 5.41) is 12.3. The fourth-order valence-electron chi connectivity index (χ4n) is 1.10. The maximum atomic E-state index is 8.52. The maximum Gasteiger partial charge on any atom is 0.119 e. The van der Waals surface area contributed by atoms with Crippen LogP contribution in [0.3, 0.4) is 0 Å². The summed E-state index contributed by atoms with van der Waals surface area (Å²) in [6.07, 6.45) is 2.23. The second-order valence-corrected chi connectivity index (χ2v) is 3.15. The first kappa shape index (κ1) is 12.5. The van der Waals surface area contributed by atoms with E-state index >= 15 is 0 Å². The first-order chi connectivity index (χ1) is 7.86. The van der Waals surface area contributed by atoms with Crippen LogP contribution in [-0.2, 0) is 4.84 Å². The minimum absolute atomic E-state index is 0.124. The molecule has 1 N–H and O–H groups in total. The maximum absolute atomic E-state index is 8.52. The van der Waals surface area contributed by atoms with Gasteiger partial charge in [-0.2, -0.15) is 0 Å². The summed E-state index contributed by atoms with van der Waals surface area (Å²) in [4.78, 5) is 4.93. The molecular formula is C12H17NO3. The van der Waals surface area contributed by atoms with Gasteiger partial charge >= 0.3 is 0 Å². The molecule has 0 amide bonds. The number of rotatable bonds is 7. The van der Waals surface area contributed by atoms with Crippen molar-refractivity contribution in [1.82, 2.24) is 0 Å². The zero-order valence-corrected chi connectivity index (χ0v) is 9.43. The fraction of sp³-hybridized carbons (Fsp3) is 0.417. The van der Waals surface area contributed by atoms with E-state index < -0.39 is 0 Å². The largest absolute Gasteiger partial charge is 0.494 e. The summed E-state index contributed by atoms with van der Waals surface area (Å²) in [5.74, 6) is 0.848. The van der Waals surface area contributed by atoms with E-state index in [4.69, 9.17) is 14.7 Å². The molecule has 0 aliphatic rings. The second-order valence-electron chi connectivity index (χ2n) is 3.15. The Bertz CT molecular complexity index is 309. The van der Waals surface area contributed by atoms with Crippen LogP contribution in [0.1, 0.15) is 18.9 Å². The zero-order valence-electron chi connectivity index (χ0n) is 9.43. The fourth-order valence-corrected chi connectivity index (χ4v) is 1.10. The molecule has 0 atom stereocenters. The van der Waals surface area contributed by atoms with E-state index in [1.807, 2.05) is 31.2 Å². The molecule has 0 bridgehead atoms. The Morgan fingerprint density at radius 1 is 1.31 bits per heavy atom. The van der Waals surface area contributed by atoms with Crippen molar-refractivity contribution in [3.63, 3.8) is 0 Å². The van der Waals surface area contributed by atoms with Gasteiger partial charge in [0, 0.05) is 13.0 Å². The van der Waals surface area contributed by atoms with Gasteiger partial charge < -0.3 is 14.7 Å². The molecule has 0 heterocycles. The second kappa shape index (κ2) is 7.70. The number of aliphatic hydroxyl groups is 1. The van der Waals surface area contributed by atoms with Gasteiger partial charge in [0.25, 0.3) is 0 Å². The number of hydrogen-bond acceptors (Lipinski definition) is 4. The lowest BCUT2D eigenvalue weighted by molar-refractivity contribution is 0.125. The van der Waals surface area contributed by atoms with Gasteiger partial charge in [-0.05, 0) is 36.8 Å². The van der Waals surface area contributed by atoms with Crippen molar-refractivity contribution >= 4 is 6.21 Å². The lowest BCUT2D eigenvalue weighted by Crippen LogP contribution is -1.93. The molecule has 0 spiro atoms. The van der Waals surface area contributed by atoms with Crippen molar-refractivity contribution in [3.05, 3.63) is 29.8 Å². The minimum atomic E-state index is 0.124. The average molecular weight is 223 g/mol. The smallest absolute Gasteiger partial charge is 0.119 e. The van der Waals surface area contributed by atoms with Crippen LogP contribution < -0.4 is 4.74 Å². The predicted octanol–water partition coefficient (Wildman–Crippen LogP) is 1.82. The van der Waals surface area contributed by atoms with Gasteiger partial charge in [0.15, 0.2) is 0 Å². The summed E-state index contributed by atoms with van der Waals surface area (Å²) in [6.45, 7) is 3.17. The highest BCUT2D eigenvalue weighted by atomic mass is 16.6. The normalized spacial score (nSPS) is 10.6. The van der Waals surface area contributed by atoms with E-state index in [1.165, 1.54) is 0 Å². The molecule has 0 radical (unpaired) electrons. The highest BCUT2D eigenvalue weighted by Gasteiger charge is 1.91. The minimum Gasteiger partial charge on any atom is -0.494 e. The van der Waals surface area contributed by atoms with E-state index in [0.29, 0.717) is 19.6 Å². The summed E-state index contributed by atoms with van der Waals surface area (Å²) in [7, 11) is 0. The number of oxime groups is 1. The van der Waals surface area contributed by atoms with Crippen LogP contribution in [0.25, 0.3) is 0 Å². The summed E-state index contributed by atoms with van der Waals surface area (Å²) < 4.78 is 5.31. The molecule has 0 saturated carbocycles. The Balaban J connectivity index is 2.36. The Kier molecular flexibility index (Phi) is 6.03. The van der Waals surface area contributed by atoms with Crippen LogP contribution in [0, 0.1) is 0 Å². The zero-order chi connectivity index (χ0) is 11.6. The molecule has 16 heavy (non-hydrogen) atoms. The summed E-state index contributed by atoms with van der Waals surface area (Å²) in [5.41, 5.74) is 0.951. The summed E-state index contributed by atoms with van der Waals surface area (Å²) in [6, 6.07) is 7.59. The van der Waals surface area contributed by atoms with Crippen LogP contribution in [0.15, 0.2) is 29.4 Å². The molecule has 0 aromatic heterocycles. The van der Waals surface area contributed by atoms with Crippen LogP contribution in [-0.4, -0.2) is 31.1 Å². The van der Waals surface area contributed by atoms with Crippen molar-refractivity contribution in [2.24, 2.45) is 5.16 Å². The van der Waals surface area contributed by atoms with Gasteiger partial charge in [-0.3, -0.25) is 0 Å². The van der Waals surface area contributed by atoms with Gasteiger partial charge in [0.1, 0.15) is 12.4 Å². The van der Waals surface area contributed by atoms with Gasteiger partial charge in [0.2, 0.25) is 0 Å². The highest BCUT2D eigenvalue weighted by Crippen LogP contribution is 2.10. The third-order valence-electron chi connectivity index (χ3n) is 1.86. The van der Waals surface area contributed by atoms with E-state index in [9.17, 15) is 0 Å². The summed E-state index contributed by atoms with van der Waals surface area (Å²) >= 11 is 0. The molecule has 0 aliphatic carbocycles. The molecule has 1 aromatic rings. The van der Waals surface area contributed by atoms with Crippen LogP contribution in [0.4, 0.5) is 0 Å². The van der Waals surface area contributed by atoms with E-state index in [2.05, 4.69) is 5.16 Å². The molecule has 0 unspecified atom stereocenters. The molecule has 1 aromatic carbocycles. The third kappa shape index (κ3) is 4.79. The van der Waals surface area contributed by atoms with Crippen LogP contribution in [0.5, 0.6) is 5.75 Å².